The number of rotatable bonds is 5. The van der Waals surface area contributed by atoms with Crippen LogP contribution in [-0.4, -0.2) is 25.5 Å². The maximum atomic E-state index is 12.0. The molecule has 1 rings (SSSR count). The van der Waals surface area contributed by atoms with E-state index in [-0.39, 0.29) is 11.3 Å². The van der Waals surface area contributed by atoms with Crippen LogP contribution in [-0.2, 0) is 14.3 Å². The quantitative estimate of drug-likeness (QED) is 0.589. The van der Waals surface area contributed by atoms with E-state index in [0.29, 0.717) is 25.3 Å². The average Bonchev–Trinajstić information content (AvgIpc) is 3.05. The number of nitrogens with one attached hydrogen (secondary N) is 1. The molecule has 4 nitrogen and oxygen atoms in total. The summed E-state index contributed by atoms with van der Waals surface area (Å²) in [5, 5.41) is 2.88. The van der Waals surface area contributed by atoms with Crippen molar-refractivity contribution in [3.05, 3.63) is 0 Å². The molecule has 0 bridgehead atoms. The van der Waals surface area contributed by atoms with Gasteiger partial charge in [-0.05, 0) is 24.2 Å². The Kier molecular flexibility index (Phi) is 3.84. The van der Waals surface area contributed by atoms with Crippen LogP contribution in [0.1, 0.15) is 40.5 Å². The van der Waals surface area contributed by atoms with Crippen LogP contribution in [0.15, 0.2) is 0 Å². The third kappa shape index (κ3) is 2.79. The van der Waals surface area contributed by atoms with Gasteiger partial charge in [-0.15, -0.1) is 0 Å². The lowest BCUT2D eigenvalue weighted by Crippen LogP contribution is -2.43. The van der Waals surface area contributed by atoms with Crippen LogP contribution in [0.3, 0.4) is 0 Å². The SMILES string of the molecule is COC(=O)C1(C(=O)NCC(C)(C)C(C)C)CC1. The van der Waals surface area contributed by atoms with Gasteiger partial charge in [0.1, 0.15) is 5.41 Å². The first-order chi connectivity index (χ1) is 7.76. The minimum absolute atomic E-state index is 0.0296. The lowest BCUT2D eigenvalue weighted by Gasteiger charge is -2.30. The Morgan fingerprint density at radius 3 is 2.24 bits per heavy atom. The summed E-state index contributed by atoms with van der Waals surface area (Å²) in [4.78, 5) is 23.5. The van der Waals surface area contributed by atoms with Gasteiger partial charge in [0.2, 0.25) is 5.91 Å². The number of carbonyl (C=O) groups is 2. The maximum Gasteiger partial charge on any atom is 0.321 e. The highest BCUT2D eigenvalue weighted by molar-refractivity contribution is 6.05. The molecule has 17 heavy (non-hydrogen) atoms. The normalized spacial score (nSPS) is 17.8. The second-order valence-electron chi connectivity index (χ2n) is 5.90. The van der Waals surface area contributed by atoms with Crippen LogP contribution in [0.5, 0.6) is 0 Å². The molecule has 0 aliphatic heterocycles. The number of carbonyl (C=O) groups excluding carboxylic acids is 2. The van der Waals surface area contributed by atoms with E-state index in [1.165, 1.54) is 7.11 Å². The summed E-state index contributed by atoms with van der Waals surface area (Å²) >= 11 is 0. The second kappa shape index (κ2) is 4.67. The van der Waals surface area contributed by atoms with Crippen LogP contribution in [0.4, 0.5) is 0 Å². The largest absolute Gasteiger partial charge is 0.468 e. The fraction of sp³-hybridized carbons (Fsp3) is 0.846. The monoisotopic (exact) mass is 241 g/mol. The third-order valence-corrected chi connectivity index (χ3v) is 4.03. The summed E-state index contributed by atoms with van der Waals surface area (Å²) in [6.07, 6.45) is 1.21. The van der Waals surface area contributed by atoms with Gasteiger partial charge in [0, 0.05) is 6.54 Å². The highest BCUT2D eigenvalue weighted by Gasteiger charge is 2.57. The van der Waals surface area contributed by atoms with Gasteiger partial charge in [-0.3, -0.25) is 9.59 Å². The lowest BCUT2D eigenvalue weighted by atomic mass is 9.81. The van der Waals surface area contributed by atoms with Crippen molar-refractivity contribution in [3.63, 3.8) is 0 Å². The molecule has 0 saturated heterocycles. The third-order valence-electron chi connectivity index (χ3n) is 4.03. The fourth-order valence-electron chi connectivity index (χ4n) is 1.53. The zero-order valence-corrected chi connectivity index (χ0v) is 11.4. The van der Waals surface area contributed by atoms with E-state index in [1.807, 2.05) is 0 Å². The molecule has 0 atom stereocenters. The fourth-order valence-corrected chi connectivity index (χ4v) is 1.53. The number of ether oxygens (including phenoxy) is 1. The minimum Gasteiger partial charge on any atom is -0.468 e. The van der Waals surface area contributed by atoms with Gasteiger partial charge in [0.15, 0.2) is 0 Å². The molecule has 0 unspecified atom stereocenters. The summed E-state index contributed by atoms with van der Waals surface area (Å²) in [5.41, 5.74) is -0.857. The predicted octanol–water partition coefficient (Wildman–Crippen LogP) is 1.74. The van der Waals surface area contributed by atoms with E-state index in [9.17, 15) is 9.59 Å². The number of methoxy groups -OCH3 is 1. The zero-order valence-electron chi connectivity index (χ0n) is 11.4. The maximum absolute atomic E-state index is 12.0. The summed E-state index contributed by atoms with van der Waals surface area (Å²) in [6.45, 7) is 9.05. The molecule has 0 heterocycles. The summed E-state index contributed by atoms with van der Waals surface area (Å²) in [7, 11) is 1.33. The summed E-state index contributed by atoms with van der Waals surface area (Å²) < 4.78 is 4.68. The molecular weight excluding hydrogens is 218 g/mol. The topological polar surface area (TPSA) is 55.4 Å². The molecular formula is C13H23NO3. The van der Waals surface area contributed by atoms with Crippen LogP contribution < -0.4 is 5.32 Å². The predicted molar refractivity (Wildman–Crippen MR) is 65.3 cm³/mol. The Bertz CT molecular complexity index is 317. The van der Waals surface area contributed by atoms with Gasteiger partial charge in [-0.1, -0.05) is 27.7 Å². The van der Waals surface area contributed by atoms with E-state index in [2.05, 4.69) is 37.7 Å². The highest BCUT2D eigenvalue weighted by atomic mass is 16.5. The molecule has 4 heteroatoms. The Hall–Kier alpha value is -1.06. The molecule has 1 aliphatic carbocycles. The highest BCUT2D eigenvalue weighted by Crippen LogP contribution is 2.47. The Balaban J connectivity index is 2.54. The lowest BCUT2D eigenvalue weighted by molar-refractivity contribution is -0.152. The van der Waals surface area contributed by atoms with Gasteiger partial charge < -0.3 is 10.1 Å². The van der Waals surface area contributed by atoms with Crippen molar-refractivity contribution in [3.8, 4) is 0 Å². The van der Waals surface area contributed by atoms with Crippen molar-refractivity contribution in [2.24, 2.45) is 16.7 Å². The summed E-state index contributed by atoms with van der Waals surface area (Å²) in [5.74, 6) is -0.119. The molecule has 0 aromatic carbocycles. The first kappa shape index (κ1) is 14.0. The Morgan fingerprint density at radius 1 is 1.35 bits per heavy atom. The molecule has 1 N–H and O–H groups in total. The molecule has 0 aromatic heterocycles. The van der Waals surface area contributed by atoms with Gasteiger partial charge in [-0.2, -0.15) is 0 Å². The van der Waals surface area contributed by atoms with E-state index in [1.54, 1.807) is 0 Å². The van der Waals surface area contributed by atoms with Crippen LogP contribution in [0, 0.1) is 16.7 Å². The van der Waals surface area contributed by atoms with E-state index in [0.717, 1.165) is 0 Å². The average molecular weight is 241 g/mol. The smallest absolute Gasteiger partial charge is 0.321 e. The zero-order chi connectivity index (χ0) is 13.3. The van der Waals surface area contributed by atoms with Crippen molar-refractivity contribution < 1.29 is 14.3 Å². The van der Waals surface area contributed by atoms with E-state index >= 15 is 0 Å². The van der Waals surface area contributed by atoms with Crippen molar-refractivity contribution in [2.75, 3.05) is 13.7 Å². The molecule has 1 fully saturated rings. The first-order valence-corrected chi connectivity index (χ1v) is 6.13. The first-order valence-electron chi connectivity index (χ1n) is 6.13. The molecule has 1 amide bonds. The number of hydrogen-bond donors (Lipinski definition) is 1. The van der Waals surface area contributed by atoms with Gasteiger partial charge in [0.25, 0.3) is 0 Å². The molecule has 1 saturated carbocycles. The van der Waals surface area contributed by atoms with Crippen LogP contribution in [0.25, 0.3) is 0 Å². The molecule has 1 aliphatic rings. The minimum atomic E-state index is -0.887. The Morgan fingerprint density at radius 2 is 1.88 bits per heavy atom. The van der Waals surface area contributed by atoms with Gasteiger partial charge in [-0.25, -0.2) is 0 Å². The van der Waals surface area contributed by atoms with Crippen molar-refractivity contribution in [2.45, 2.75) is 40.5 Å². The number of hydrogen-bond acceptors (Lipinski definition) is 3. The van der Waals surface area contributed by atoms with Crippen LogP contribution >= 0.6 is 0 Å². The number of amides is 1. The van der Waals surface area contributed by atoms with Crippen LogP contribution in [0.2, 0.25) is 0 Å². The molecule has 98 valence electrons. The van der Waals surface area contributed by atoms with Gasteiger partial charge >= 0.3 is 5.97 Å². The second-order valence-corrected chi connectivity index (χ2v) is 5.90. The summed E-state index contributed by atoms with van der Waals surface area (Å²) in [6, 6.07) is 0. The van der Waals surface area contributed by atoms with Gasteiger partial charge in [0.05, 0.1) is 7.11 Å². The van der Waals surface area contributed by atoms with Crippen molar-refractivity contribution in [1.29, 1.82) is 0 Å². The van der Waals surface area contributed by atoms with E-state index < -0.39 is 11.4 Å². The number of esters is 1. The molecule has 0 radical (unpaired) electrons. The standard InChI is InChI=1S/C13H23NO3/c1-9(2)12(3,4)8-14-10(15)13(6-7-13)11(16)17-5/h9H,6-8H2,1-5H3,(H,14,15). The molecule has 0 spiro atoms. The van der Waals surface area contributed by atoms with E-state index in [4.69, 9.17) is 0 Å². The molecule has 0 aromatic rings. The Labute approximate surface area is 103 Å². The van der Waals surface area contributed by atoms with Crippen molar-refractivity contribution in [1.82, 2.24) is 5.32 Å². The van der Waals surface area contributed by atoms with Crippen molar-refractivity contribution >= 4 is 11.9 Å².